The Morgan fingerprint density at radius 1 is 1.13 bits per heavy atom. The number of rotatable bonds is 4. The Kier molecular flexibility index (Phi) is 4.59. The van der Waals surface area contributed by atoms with Crippen LogP contribution in [0.2, 0.25) is 0 Å². The number of methoxy groups -OCH3 is 3. The summed E-state index contributed by atoms with van der Waals surface area (Å²) < 4.78 is 28.1. The van der Waals surface area contributed by atoms with Gasteiger partial charge in [0.25, 0.3) is 0 Å². The number of allylic oxidation sites excluding steroid dienone is 1. The predicted molar refractivity (Wildman–Crippen MR) is 112 cm³/mol. The van der Waals surface area contributed by atoms with E-state index in [2.05, 4.69) is 0 Å². The maximum absolute atomic E-state index is 13.0. The SMILES string of the molecule is COc1cc(/C=C2\Oc3c(ccc4c3CC3CCCC3(O)O4)C2=O)cc(OC)c1OC. The number of ether oxygens (including phenoxy) is 5. The van der Waals surface area contributed by atoms with Gasteiger partial charge in [0.05, 0.1) is 26.9 Å². The van der Waals surface area contributed by atoms with E-state index in [4.69, 9.17) is 23.7 Å². The molecular weight excluding hydrogens is 400 g/mol. The molecule has 5 rings (SSSR count). The number of carbonyl (C=O) groups is 1. The van der Waals surface area contributed by atoms with Crippen LogP contribution in [0.1, 0.15) is 40.7 Å². The molecule has 2 aromatic rings. The second kappa shape index (κ2) is 7.20. The molecule has 2 unspecified atom stereocenters. The number of hydrogen-bond acceptors (Lipinski definition) is 7. The van der Waals surface area contributed by atoms with Crippen molar-refractivity contribution in [1.82, 2.24) is 0 Å². The summed E-state index contributed by atoms with van der Waals surface area (Å²) in [6.07, 6.45) is 4.72. The molecule has 1 N–H and O–H groups in total. The molecule has 2 aliphatic heterocycles. The number of fused-ring (bicyclic) bond motifs is 4. The third-order valence-corrected chi connectivity index (χ3v) is 6.35. The number of aliphatic hydroxyl groups is 1. The second-order valence-electron chi connectivity index (χ2n) is 8.06. The molecule has 0 saturated heterocycles. The quantitative estimate of drug-likeness (QED) is 0.749. The monoisotopic (exact) mass is 424 g/mol. The van der Waals surface area contributed by atoms with Crippen molar-refractivity contribution in [3.63, 3.8) is 0 Å². The average Bonchev–Trinajstić information content (AvgIpc) is 3.30. The minimum absolute atomic E-state index is 0.00772. The van der Waals surface area contributed by atoms with Crippen molar-refractivity contribution in [2.75, 3.05) is 21.3 Å². The van der Waals surface area contributed by atoms with Crippen molar-refractivity contribution in [2.24, 2.45) is 5.92 Å². The molecule has 0 bridgehead atoms. The zero-order valence-electron chi connectivity index (χ0n) is 17.7. The molecule has 0 radical (unpaired) electrons. The van der Waals surface area contributed by atoms with Crippen LogP contribution in [0.3, 0.4) is 0 Å². The van der Waals surface area contributed by atoms with Crippen LogP contribution in [-0.2, 0) is 6.42 Å². The fourth-order valence-corrected chi connectivity index (χ4v) is 4.78. The Hall–Kier alpha value is -3.19. The first-order chi connectivity index (χ1) is 15.0. The van der Waals surface area contributed by atoms with Crippen LogP contribution < -0.4 is 23.7 Å². The van der Waals surface area contributed by atoms with Crippen LogP contribution in [0.4, 0.5) is 0 Å². The van der Waals surface area contributed by atoms with Crippen molar-refractivity contribution in [3.8, 4) is 28.7 Å². The van der Waals surface area contributed by atoms with Crippen molar-refractivity contribution in [3.05, 3.63) is 46.7 Å². The molecule has 1 fully saturated rings. The lowest BCUT2D eigenvalue weighted by Gasteiger charge is -2.36. The number of carbonyl (C=O) groups excluding carboxylic acids is 1. The summed E-state index contributed by atoms with van der Waals surface area (Å²) in [6, 6.07) is 6.96. The van der Waals surface area contributed by atoms with Gasteiger partial charge in [-0.2, -0.15) is 0 Å². The highest BCUT2D eigenvalue weighted by Crippen LogP contribution is 2.50. The Morgan fingerprint density at radius 3 is 2.55 bits per heavy atom. The molecule has 1 aliphatic carbocycles. The minimum Gasteiger partial charge on any atom is -0.493 e. The maximum atomic E-state index is 13.0. The van der Waals surface area contributed by atoms with E-state index in [-0.39, 0.29) is 17.5 Å². The van der Waals surface area contributed by atoms with E-state index in [1.54, 1.807) is 30.3 Å². The smallest absolute Gasteiger partial charge is 0.231 e. The van der Waals surface area contributed by atoms with Crippen LogP contribution >= 0.6 is 0 Å². The highest BCUT2D eigenvalue weighted by atomic mass is 16.6. The minimum atomic E-state index is -1.11. The Labute approximate surface area is 180 Å². The lowest BCUT2D eigenvalue weighted by Crippen LogP contribution is -2.43. The summed E-state index contributed by atoms with van der Waals surface area (Å²) >= 11 is 0. The average molecular weight is 424 g/mol. The van der Waals surface area contributed by atoms with Gasteiger partial charge in [0.1, 0.15) is 11.5 Å². The third-order valence-electron chi connectivity index (χ3n) is 6.35. The molecule has 0 spiro atoms. The lowest BCUT2D eigenvalue weighted by atomic mass is 9.88. The number of ketones is 1. The van der Waals surface area contributed by atoms with Gasteiger partial charge in [0.2, 0.25) is 17.3 Å². The van der Waals surface area contributed by atoms with Gasteiger partial charge in [0, 0.05) is 17.9 Å². The summed E-state index contributed by atoms with van der Waals surface area (Å²) in [5.74, 6) is 1.47. The Bertz CT molecular complexity index is 1080. The van der Waals surface area contributed by atoms with Gasteiger partial charge in [-0.3, -0.25) is 4.79 Å². The molecule has 2 atom stereocenters. The number of hydrogen-bond donors (Lipinski definition) is 1. The van der Waals surface area contributed by atoms with Crippen LogP contribution in [0, 0.1) is 5.92 Å². The predicted octanol–water partition coefficient (Wildman–Crippen LogP) is 3.75. The summed E-state index contributed by atoms with van der Waals surface area (Å²) in [5.41, 5.74) is 2.03. The molecule has 0 amide bonds. The number of Topliss-reactive ketones (excluding diaryl/α,β-unsaturated/α-hetero) is 1. The maximum Gasteiger partial charge on any atom is 0.231 e. The normalized spacial score (nSPS) is 24.7. The Balaban J connectivity index is 1.52. The van der Waals surface area contributed by atoms with E-state index < -0.39 is 5.79 Å². The molecule has 7 nitrogen and oxygen atoms in total. The third kappa shape index (κ3) is 3.03. The first-order valence-electron chi connectivity index (χ1n) is 10.3. The fourth-order valence-electron chi connectivity index (χ4n) is 4.78. The van der Waals surface area contributed by atoms with Gasteiger partial charge in [-0.15, -0.1) is 0 Å². The second-order valence-corrected chi connectivity index (χ2v) is 8.06. The standard InChI is InChI=1S/C24H24O7/c1-27-19-10-13(11-20(28-2)23(19)29-3)9-18-21(25)15-6-7-17-16(22(15)30-18)12-14-5-4-8-24(14,26)31-17/h6-7,9-11,14,26H,4-5,8,12H2,1-3H3/b18-9-. The zero-order chi connectivity index (χ0) is 21.8. The molecule has 162 valence electrons. The first-order valence-corrected chi connectivity index (χ1v) is 10.3. The summed E-state index contributed by atoms with van der Waals surface area (Å²) in [7, 11) is 4.62. The van der Waals surface area contributed by atoms with Gasteiger partial charge >= 0.3 is 0 Å². The lowest BCUT2D eigenvalue weighted by molar-refractivity contribution is -0.171. The topological polar surface area (TPSA) is 83.5 Å². The molecule has 2 heterocycles. The van der Waals surface area contributed by atoms with Crippen LogP contribution in [-0.4, -0.2) is 38.0 Å². The summed E-state index contributed by atoms with van der Waals surface area (Å²) in [4.78, 5) is 13.0. The van der Waals surface area contributed by atoms with Crippen LogP contribution in [0.25, 0.3) is 6.08 Å². The van der Waals surface area contributed by atoms with Crippen molar-refractivity contribution in [2.45, 2.75) is 31.5 Å². The summed E-state index contributed by atoms with van der Waals surface area (Å²) in [6.45, 7) is 0. The highest BCUT2D eigenvalue weighted by molar-refractivity contribution is 6.15. The Morgan fingerprint density at radius 2 is 1.87 bits per heavy atom. The van der Waals surface area contributed by atoms with E-state index in [1.807, 2.05) is 0 Å². The number of benzene rings is 2. The van der Waals surface area contributed by atoms with E-state index in [0.717, 1.165) is 18.4 Å². The van der Waals surface area contributed by atoms with Crippen molar-refractivity contribution in [1.29, 1.82) is 0 Å². The van der Waals surface area contributed by atoms with Crippen LogP contribution in [0.5, 0.6) is 28.7 Å². The van der Waals surface area contributed by atoms with E-state index in [9.17, 15) is 9.90 Å². The molecule has 3 aliphatic rings. The highest BCUT2D eigenvalue weighted by Gasteiger charge is 2.48. The summed E-state index contributed by atoms with van der Waals surface area (Å²) in [5, 5.41) is 10.8. The molecule has 7 heteroatoms. The van der Waals surface area contributed by atoms with Crippen molar-refractivity contribution < 1.29 is 33.6 Å². The van der Waals surface area contributed by atoms with E-state index >= 15 is 0 Å². The van der Waals surface area contributed by atoms with E-state index in [0.29, 0.717) is 52.7 Å². The van der Waals surface area contributed by atoms with E-state index in [1.165, 1.54) is 21.3 Å². The molecule has 0 aromatic heterocycles. The zero-order valence-corrected chi connectivity index (χ0v) is 17.7. The van der Waals surface area contributed by atoms with Gasteiger partial charge in [-0.25, -0.2) is 0 Å². The van der Waals surface area contributed by atoms with Gasteiger partial charge in [0.15, 0.2) is 17.3 Å². The van der Waals surface area contributed by atoms with Crippen LogP contribution in [0.15, 0.2) is 30.0 Å². The van der Waals surface area contributed by atoms with Gasteiger partial charge in [-0.1, -0.05) is 0 Å². The molecular formula is C24H24O7. The van der Waals surface area contributed by atoms with Crippen molar-refractivity contribution >= 4 is 11.9 Å². The first kappa shape index (κ1) is 19.8. The van der Waals surface area contributed by atoms with Gasteiger partial charge < -0.3 is 28.8 Å². The molecule has 2 aromatic carbocycles. The molecule has 31 heavy (non-hydrogen) atoms. The molecule has 1 saturated carbocycles. The fraction of sp³-hybridized carbons (Fsp3) is 0.375. The van der Waals surface area contributed by atoms with Gasteiger partial charge in [-0.05, 0) is 55.2 Å². The largest absolute Gasteiger partial charge is 0.493 e.